The summed E-state index contributed by atoms with van der Waals surface area (Å²) in [6, 6.07) is 3.42. The van der Waals surface area contributed by atoms with Crippen molar-refractivity contribution < 1.29 is 17.9 Å². The molecule has 0 amide bonds. The number of hydrogen-bond acceptors (Lipinski definition) is 3. The molecule has 0 bridgehead atoms. The van der Waals surface area contributed by atoms with Crippen molar-refractivity contribution in [1.29, 1.82) is 0 Å². The van der Waals surface area contributed by atoms with Crippen molar-refractivity contribution in [2.75, 3.05) is 13.6 Å². The van der Waals surface area contributed by atoms with Crippen LogP contribution >= 0.6 is 0 Å². The Bertz CT molecular complexity index is 555. The van der Waals surface area contributed by atoms with E-state index in [4.69, 9.17) is 0 Å². The van der Waals surface area contributed by atoms with Gasteiger partial charge in [0.1, 0.15) is 5.82 Å². The molecule has 0 radical (unpaired) electrons. The fraction of sp³-hybridized carbons (Fsp3) is 0.538. The van der Waals surface area contributed by atoms with Gasteiger partial charge in [-0.25, -0.2) is 17.1 Å². The first-order valence-electron chi connectivity index (χ1n) is 6.31. The van der Waals surface area contributed by atoms with Crippen molar-refractivity contribution in [3.63, 3.8) is 0 Å². The van der Waals surface area contributed by atoms with E-state index in [2.05, 4.69) is 0 Å². The van der Waals surface area contributed by atoms with Gasteiger partial charge in [-0.1, -0.05) is 12.5 Å². The Hall–Kier alpha value is -0.980. The summed E-state index contributed by atoms with van der Waals surface area (Å²) in [5, 5.41) is 9.19. The molecule has 0 aliphatic heterocycles. The fourth-order valence-corrected chi connectivity index (χ4v) is 3.67. The number of aliphatic hydroxyl groups is 1. The van der Waals surface area contributed by atoms with Gasteiger partial charge in [-0.3, -0.25) is 0 Å². The van der Waals surface area contributed by atoms with Gasteiger partial charge in [0.25, 0.3) is 0 Å². The van der Waals surface area contributed by atoms with Crippen molar-refractivity contribution in [2.45, 2.75) is 30.8 Å². The maximum absolute atomic E-state index is 13.3. The molecule has 1 aromatic rings. The van der Waals surface area contributed by atoms with Crippen LogP contribution in [0.3, 0.4) is 0 Å². The molecule has 2 rings (SSSR count). The highest BCUT2D eigenvalue weighted by molar-refractivity contribution is 7.89. The predicted molar refractivity (Wildman–Crippen MR) is 69.5 cm³/mol. The van der Waals surface area contributed by atoms with E-state index in [0.717, 1.165) is 31.4 Å². The van der Waals surface area contributed by atoms with Crippen LogP contribution in [0.1, 0.15) is 24.8 Å². The Morgan fingerprint density at radius 3 is 2.63 bits per heavy atom. The lowest BCUT2D eigenvalue weighted by molar-refractivity contribution is 0.261. The Morgan fingerprint density at radius 2 is 2.11 bits per heavy atom. The van der Waals surface area contributed by atoms with Gasteiger partial charge in [-0.2, -0.15) is 0 Å². The summed E-state index contributed by atoms with van der Waals surface area (Å²) >= 11 is 0. The van der Waals surface area contributed by atoms with Crippen LogP contribution in [0.2, 0.25) is 0 Å². The molecular weight excluding hydrogens is 269 g/mol. The van der Waals surface area contributed by atoms with E-state index in [9.17, 15) is 17.9 Å². The first kappa shape index (κ1) is 14.4. The van der Waals surface area contributed by atoms with Gasteiger partial charge in [0, 0.05) is 13.6 Å². The lowest BCUT2D eigenvalue weighted by atomic mass is 9.86. The Balaban J connectivity index is 2.29. The maximum atomic E-state index is 13.3. The van der Waals surface area contributed by atoms with Crippen LogP contribution in [-0.2, 0) is 16.6 Å². The molecule has 6 heteroatoms. The molecular formula is C13H18FNO3S. The zero-order chi connectivity index (χ0) is 14.0. The average Bonchev–Trinajstić information content (AvgIpc) is 2.33. The van der Waals surface area contributed by atoms with E-state index in [0.29, 0.717) is 12.5 Å². The number of rotatable bonds is 5. The van der Waals surface area contributed by atoms with E-state index in [1.165, 1.54) is 17.4 Å². The van der Waals surface area contributed by atoms with Crippen LogP contribution < -0.4 is 0 Å². The lowest BCUT2D eigenvalue weighted by Gasteiger charge is -2.30. The van der Waals surface area contributed by atoms with Crippen molar-refractivity contribution >= 4 is 10.0 Å². The maximum Gasteiger partial charge on any atom is 0.243 e. The van der Waals surface area contributed by atoms with Crippen molar-refractivity contribution in [3.8, 4) is 0 Å². The molecule has 0 unspecified atom stereocenters. The molecule has 1 aromatic carbocycles. The summed E-state index contributed by atoms with van der Waals surface area (Å²) in [5.41, 5.74) is 0.224. The van der Waals surface area contributed by atoms with Crippen LogP contribution in [0.4, 0.5) is 4.39 Å². The molecule has 1 N–H and O–H groups in total. The Kier molecular flexibility index (Phi) is 4.23. The van der Waals surface area contributed by atoms with E-state index in [1.54, 1.807) is 0 Å². The van der Waals surface area contributed by atoms with Gasteiger partial charge in [0.15, 0.2) is 0 Å². The summed E-state index contributed by atoms with van der Waals surface area (Å²) in [5.74, 6) is -0.223. The van der Waals surface area contributed by atoms with Gasteiger partial charge in [-0.15, -0.1) is 0 Å². The normalized spacial score (nSPS) is 16.6. The van der Waals surface area contributed by atoms with Crippen LogP contribution in [-0.4, -0.2) is 31.4 Å². The number of halogens is 1. The molecule has 1 fully saturated rings. The molecule has 0 atom stereocenters. The van der Waals surface area contributed by atoms with Crippen molar-refractivity contribution in [3.05, 3.63) is 29.6 Å². The topological polar surface area (TPSA) is 57.6 Å². The summed E-state index contributed by atoms with van der Waals surface area (Å²) < 4.78 is 39.3. The average molecular weight is 287 g/mol. The third kappa shape index (κ3) is 2.96. The minimum Gasteiger partial charge on any atom is -0.392 e. The molecule has 0 spiro atoms. The van der Waals surface area contributed by atoms with Crippen LogP contribution in [0, 0.1) is 11.7 Å². The first-order valence-corrected chi connectivity index (χ1v) is 7.75. The fourth-order valence-electron chi connectivity index (χ4n) is 2.20. The quantitative estimate of drug-likeness (QED) is 0.897. The minimum atomic E-state index is -3.74. The first-order chi connectivity index (χ1) is 8.95. The summed E-state index contributed by atoms with van der Waals surface area (Å²) in [7, 11) is -2.24. The molecule has 19 heavy (non-hydrogen) atoms. The van der Waals surface area contributed by atoms with Gasteiger partial charge in [0.05, 0.1) is 11.5 Å². The zero-order valence-corrected chi connectivity index (χ0v) is 11.7. The van der Waals surface area contributed by atoms with Crippen LogP contribution in [0.15, 0.2) is 23.1 Å². The molecule has 1 aliphatic carbocycles. The molecule has 106 valence electrons. The van der Waals surface area contributed by atoms with Gasteiger partial charge in [-0.05, 0) is 36.5 Å². The second-order valence-electron chi connectivity index (χ2n) is 4.99. The van der Waals surface area contributed by atoms with Crippen LogP contribution in [0.25, 0.3) is 0 Å². The highest BCUT2D eigenvalue weighted by Gasteiger charge is 2.28. The lowest BCUT2D eigenvalue weighted by Crippen LogP contribution is -2.34. The molecule has 0 heterocycles. The number of benzene rings is 1. The third-order valence-corrected chi connectivity index (χ3v) is 5.53. The minimum absolute atomic E-state index is 0.142. The van der Waals surface area contributed by atoms with Gasteiger partial charge >= 0.3 is 0 Å². The number of aliphatic hydroxyl groups excluding tert-OH is 1. The van der Waals surface area contributed by atoms with E-state index < -0.39 is 22.4 Å². The predicted octanol–water partition coefficient (Wildman–Crippen LogP) is 1.74. The van der Waals surface area contributed by atoms with E-state index in [1.807, 2.05) is 0 Å². The second-order valence-corrected chi connectivity index (χ2v) is 7.01. The molecule has 1 saturated carbocycles. The summed E-state index contributed by atoms with van der Waals surface area (Å²) in [4.78, 5) is -0.142. The highest BCUT2D eigenvalue weighted by Crippen LogP contribution is 2.29. The van der Waals surface area contributed by atoms with E-state index >= 15 is 0 Å². The Morgan fingerprint density at radius 1 is 1.42 bits per heavy atom. The van der Waals surface area contributed by atoms with Crippen molar-refractivity contribution in [1.82, 2.24) is 4.31 Å². The second kappa shape index (κ2) is 5.56. The summed E-state index contributed by atoms with van der Waals surface area (Å²) in [6.45, 7) is 0.0236. The summed E-state index contributed by atoms with van der Waals surface area (Å²) in [6.07, 6.45) is 3.21. The van der Waals surface area contributed by atoms with Crippen LogP contribution in [0.5, 0.6) is 0 Å². The standard InChI is InChI=1S/C13H18FNO3S/c1-15(8-10-3-2-4-10)19(17,18)13-7-12(14)6-5-11(13)9-16/h5-7,10,16H,2-4,8-9H2,1H3. The Labute approximate surface area is 112 Å². The van der Waals surface area contributed by atoms with Gasteiger partial charge in [0.2, 0.25) is 10.0 Å². The number of hydrogen-bond donors (Lipinski definition) is 1. The number of nitrogens with zero attached hydrogens (tertiary/aromatic N) is 1. The van der Waals surface area contributed by atoms with E-state index in [-0.39, 0.29) is 10.5 Å². The molecule has 0 aromatic heterocycles. The largest absolute Gasteiger partial charge is 0.392 e. The third-order valence-electron chi connectivity index (χ3n) is 3.63. The highest BCUT2D eigenvalue weighted by atomic mass is 32.2. The molecule has 1 aliphatic rings. The SMILES string of the molecule is CN(CC1CCC1)S(=O)(=O)c1cc(F)ccc1CO. The zero-order valence-electron chi connectivity index (χ0n) is 10.8. The van der Waals surface area contributed by atoms with Crippen molar-refractivity contribution in [2.24, 2.45) is 5.92 Å². The smallest absolute Gasteiger partial charge is 0.243 e. The number of sulfonamides is 1. The van der Waals surface area contributed by atoms with Gasteiger partial charge < -0.3 is 5.11 Å². The molecule has 4 nitrogen and oxygen atoms in total. The monoisotopic (exact) mass is 287 g/mol. The molecule has 0 saturated heterocycles.